The number of esters is 1. The molecular formula is C20H18N2O5. The molecule has 0 atom stereocenters. The highest BCUT2D eigenvalue weighted by Gasteiger charge is 2.21. The summed E-state index contributed by atoms with van der Waals surface area (Å²) in [5.74, 6) is -0.122. The summed E-state index contributed by atoms with van der Waals surface area (Å²) in [4.78, 5) is 30.4. The van der Waals surface area contributed by atoms with Gasteiger partial charge in [-0.25, -0.2) is 9.78 Å². The van der Waals surface area contributed by atoms with E-state index >= 15 is 0 Å². The van der Waals surface area contributed by atoms with Gasteiger partial charge in [0, 0.05) is 12.6 Å². The van der Waals surface area contributed by atoms with E-state index in [1.54, 1.807) is 25.4 Å². The summed E-state index contributed by atoms with van der Waals surface area (Å²) in [5.41, 5.74) is 1.95. The number of ether oxygens (including phenoxy) is 2. The molecule has 138 valence electrons. The van der Waals surface area contributed by atoms with E-state index in [0.717, 1.165) is 0 Å². The van der Waals surface area contributed by atoms with Gasteiger partial charge in [0.25, 0.3) is 5.91 Å². The number of hydrogen-bond donors (Lipinski definition) is 0. The molecule has 7 heteroatoms. The molecular weight excluding hydrogens is 348 g/mol. The third kappa shape index (κ3) is 3.52. The summed E-state index contributed by atoms with van der Waals surface area (Å²) in [6, 6.07) is 11.9. The number of rotatable bonds is 5. The van der Waals surface area contributed by atoms with Crippen molar-refractivity contribution in [3.8, 4) is 17.2 Å². The van der Waals surface area contributed by atoms with Crippen LogP contribution in [0.15, 0.2) is 59.3 Å². The Morgan fingerprint density at radius 2 is 1.89 bits per heavy atom. The monoisotopic (exact) mass is 366 g/mol. The van der Waals surface area contributed by atoms with Gasteiger partial charge in [0.1, 0.15) is 17.6 Å². The Bertz CT molecular complexity index is 966. The number of anilines is 1. The van der Waals surface area contributed by atoms with Crippen LogP contribution in [-0.2, 0) is 4.74 Å². The predicted octanol–water partition coefficient (Wildman–Crippen LogP) is 3.41. The molecule has 0 unspecified atom stereocenters. The van der Waals surface area contributed by atoms with Gasteiger partial charge < -0.3 is 18.8 Å². The van der Waals surface area contributed by atoms with Crippen LogP contribution in [0.3, 0.4) is 0 Å². The summed E-state index contributed by atoms with van der Waals surface area (Å²) in [6.07, 6.45) is 3.02. The molecule has 0 spiro atoms. The fourth-order valence-electron chi connectivity index (χ4n) is 2.71. The highest BCUT2D eigenvalue weighted by molar-refractivity contribution is 6.08. The van der Waals surface area contributed by atoms with Crippen LogP contribution < -0.4 is 9.64 Å². The molecule has 0 bridgehead atoms. The normalized spacial score (nSPS) is 10.3. The number of carbonyl (C=O) groups excluding carboxylic acids is 2. The second-order valence-corrected chi connectivity index (χ2v) is 5.63. The van der Waals surface area contributed by atoms with Gasteiger partial charge in [-0.3, -0.25) is 4.79 Å². The molecule has 0 radical (unpaired) electrons. The van der Waals surface area contributed by atoms with Crippen molar-refractivity contribution in [2.24, 2.45) is 0 Å². The van der Waals surface area contributed by atoms with E-state index in [-0.39, 0.29) is 17.2 Å². The number of amides is 1. The lowest BCUT2D eigenvalue weighted by Crippen LogP contribution is -2.27. The average Bonchev–Trinajstić information content (AvgIpc) is 3.26. The van der Waals surface area contributed by atoms with Crippen molar-refractivity contribution in [1.29, 1.82) is 0 Å². The second-order valence-electron chi connectivity index (χ2n) is 5.63. The number of oxazole rings is 1. The summed E-state index contributed by atoms with van der Waals surface area (Å²) in [5, 5.41) is 0. The number of aromatic nitrogens is 1. The van der Waals surface area contributed by atoms with E-state index in [0.29, 0.717) is 22.7 Å². The zero-order valence-electron chi connectivity index (χ0n) is 15.1. The first kappa shape index (κ1) is 18.2. The van der Waals surface area contributed by atoms with Crippen molar-refractivity contribution in [2.45, 2.75) is 0 Å². The van der Waals surface area contributed by atoms with Gasteiger partial charge >= 0.3 is 5.97 Å². The molecule has 7 nitrogen and oxygen atoms in total. The summed E-state index contributed by atoms with van der Waals surface area (Å²) in [7, 11) is 4.37. The maximum atomic E-state index is 13.0. The first-order valence-corrected chi connectivity index (χ1v) is 8.10. The third-order valence-corrected chi connectivity index (χ3v) is 4.09. The second kappa shape index (κ2) is 7.74. The Labute approximate surface area is 156 Å². The minimum atomic E-state index is -0.534. The van der Waals surface area contributed by atoms with Gasteiger partial charge in [-0.2, -0.15) is 0 Å². The quantitative estimate of drug-likeness (QED) is 0.644. The maximum Gasteiger partial charge on any atom is 0.341 e. The van der Waals surface area contributed by atoms with Crippen LogP contribution in [0.4, 0.5) is 5.69 Å². The van der Waals surface area contributed by atoms with Crippen LogP contribution in [0.25, 0.3) is 11.5 Å². The molecule has 3 aromatic rings. The Kier molecular flexibility index (Phi) is 5.21. The average molecular weight is 366 g/mol. The number of hydrogen-bond acceptors (Lipinski definition) is 6. The van der Waals surface area contributed by atoms with Crippen LogP contribution in [-0.4, -0.2) is 38.1 Å². The summed E-state index contributed by atoms with van der Waals surface area (Å²) < 4.78 is 15.3. The van der Waals surface area contributed by atoms with Crippen molar-refractivity contribution in [2.75, 3.05) is 26.2 Å². The fourth-order valence-corrected chi connectivity index (χ4v) is 2.71. The van der Waals surface area contributed by atoms with Gasteiger partial charge in [0.2, 0.25) is 5.89 Å². The Hall–Kier alpha value is -3.61. The lowest BCUT2D eigenvalue weighted by atomic mass is 10.1. The van der Waals surface area contributed by atoms with Crippen LogP contribution in [0.2, 0.25) is 0 Å². The minimum Gasteiger partial charge on any atom is -0.496 e. The molecule has 0 aliphatic rings. The first-order valence-electron chi connectivity index (χ1n) is 8.10. The third-order valence-electron chi connectivity index (χ3n) is 4.09. The molecule has 0 saturated carbocycles. The number of nitrogens with zero attached hydrogens (tertiary/aromatic N) is 2. The fraction of sp³-hybridized carbons (Fsp3) is 0.150. The largest absolute Gasteiger partial charge is 0.496 e. The van der Waals surface area contributed by atoms with E-state index in [1.807, 2.05) is 18.2 Å². The number of carbonyl (C=O) groups is 2. The molecule has 0 aliphatic carbocycles. The molecule has 0 fully saturated rings. The molecule has 1 aromatic heterocycles. The van der Waals surface area contributed by atoms with Gasteiger partial charge in [-0.15, -0.1) is 0 Å². The standard InChI is InChI=1S/C20H18N2O5/c1-22(16-7-5-4-6-14(16)18-21-10-11-27-18)19(23)13-8-9-15(20(24)26-3)17(12-13)25-2/h4-12H,1-3H3. The van der Waals surface area contributed by atoms with Crippen LogP contribution in [0, 0.1) is 0 Å². The lowest BCUT2D eigenvalue weighted by molar-refractivity contribution is 0.0596. The van der Waals surface area contributed by atoms with Crippen molar-refractivity contribution in [3.63, 3.8) is 0 Å². The van der Waals surface area contributed by atoms with E-state index in [2.05, 4.69) is 4.98 Å². The highest BCUT2D eigenvalue weighted by Crippen LogP contribution is 2.30. The van der Waals surface area contributed by atoms with E-state index in [9.17, 15) is 9.59 Å². The molecule has 0 saturated heterocycles. The topological polar surface area (TPSA) is 81.9 Å². The predicted molar refractivity (Wildman–Crippen MR) is 99.0 cm³/mol. The number of methoxy groups -OCH3 is 2. The van der Waals surface area contributed by atoms with Crippen LogP contribution in [0.5, 0.6) is 5.75 Å². The van der Waals surface area contributed by atoms with Gasteiger partial charge in [-0.05, 0) is 30.3 Å². The smallest absolute Gasteiger partial charge is 0.341 e. The van der Waals surface area contributed by atoms with Gasteiger partial charge in [-0.1, -0.05) is 12.1 Å². The number of benzene rings is 2. The molecule has 3 rings (SSSR count). The zero-order valence-corrected chi connectivity index (χ0v) is 15.1. The van der Waals surface area contributed by atoms with Crippen LogP contribution >= 0.6 is 0 Å². The van der Waals surface area contributed by atoms with Gasteiger partial charge in [0.15, 0.2) is 0 Å². The SMILES string of the molecule is COC(=O)c1ccc(C(=O)N(C)c2ccccc2-c2ncco2)cc1OC. The zero-order chi connectivity index (χ0) is 19.4. The lowest BCUT2D eigenvalue weighted by Gasteiger charge is -2.20. The minimum absolute atomic E-state index is 0.249. The Balaban J connectivity index is 1.96. The summed E-state index contributed by atoms with van der Waals surface area (Å²) >= 11 is 0. The van der Waals surface area contributed by atoms with Crippen LogP contribution in [0.1, 0.15) is 20.7 Å². The molecule has 27 heavy (non-hydrogen) atoms. The van der Waals surface area contributed by atoms with Gasteiger partial charge in [0.05, 0.1) is 31.7 Å². The summed E-state index contributed by atoms with van der Waals surface area (Å²) in [6.45, 7) is 0. The molecule has 0 N–H and O–H groups in total. The molecule has 0 aliphatic heterocycles. The van der Waals surface area contributed by atoms with E-state index < -0.39 is 5.97 Å². The van der Waals surface area contributed by atoms with Crippen molar-refractivity contribution in [1.82, 2.24) is 4.98 Å². The Morgan fingerprint density at radius 1 is 1.11 bits per heavy atom. The number of para-hydroxylation sites is 1. The highest BCUT2D eigenvalue weighted by atomic mass is 16.5. The Morgan fingerprint density at radius 3 is 2.56 bits per heavy atom. The van der Waals surface area contributed by atoms with Crippen molar-refractivity contribution < 1.29 is 23.5 Å². The van der Waals surface area contributed by atoms with E-state index in [4.69, 9.17) is 13.9 Å². The maximum absolute atomic E-state index is 13.0. The molecule has 1 amide bonds. The van der Waals surface area contributed by atoms with Crippen molar-refractivity contribution in [3.05, 3.63) is 66.1 Å². The molecule has 2 aromatic carbocycles. The first-order chi connectivity index (χ1) is 13.1. The molecule has 1 heterocycles. The van der Waals surface area contributed by atoms with E-state index in [1.165, 1.54) is 37.5 Å². The van der Waals surface area contributed by atoms with Crippen molar-refractivity contribution >= 4 is 17.6 Å².